The van der Waals surface area contributed by atoms with E-state index in [9.17, 15) is 9.59 Å². The molecule has 162 valence electrons. The highest BCUT2D eigenvalue weighted by molar-refractivity contribution is 5.88. The summed E-state index contributed by atoms with van der Waals surface area (Å²) in [5, 5.41) is 2.98. The molecule has 0 spiro atoms. The summed E-state index contributed by atoms with van der Waals surface area (Å²) in [5.74, 6) is 0.305. The molecule has 2 atom stereocenters. The van der Waals surface area contributed by atoms with Gasteiger partial charge in [-0.05, 0) is 58.2 Å². The minimum Gasteiger partial charge on any atom is -0.483 e. The SMILES string of the molecule is CC[C@@H](C)NC(=O)[C@@H](C)N(Cc1ccc(C)cc1)C(=O)COc1ccc(C)cc1C. The van der Waals surface area contributed by atoms with Crippen LogP contribution in [0, 0.1) is 20.8 Å². The van der Waals surface area contributed by atoms with E-state index in [1.807, 2.05) is 77.1 Å². The Morgan fingerprint density at radius 1 is 1.00 bits per heavy atom. The first kappa shape index (κ1) is 23.5. The number of nitrogens with zero attached hydrogens (tertiary/aromatic N) is 1. The molecule has 2 aromatic carbocycles. The van der Waals surface area contributed by atoms with Crippen LogP contribution in [0.15, 0.2) is 42.5 Å². The second-order valence-electron chi connectivity index (χ2n) is 8.06. The Balaban J connectivity index is 2.16. The monoisotopic (exact) mass is 410 g/mol. The number of benzene rings is 2. The third kappa shape index (κ3) is 6.61. The zero-order valence-corrected chi connectivity index (χ0v) is 19.0. The number of carbonyl (C=O) groups is 2. The Labute approximate surface area is 180 Å². The lowest BCUT2D eigenvalue weighted by atomic mass is 10.1. The Kier molecular flexibility index (Phi) is 8.46. The maximum Gasteiger partial charge on any atom is 0.261 e. The van der Waals surface area contributed by atoms with Gasteiger partial charge in [-0.3, -0.25) is 9.59 Å². The van der Waals surface area contributed by atoms with E-state index in [2.05, 4.69) is 5.32 Å². The van der Waals surface area contributed by atoms with Gasteiger partial charge in [0.05, 0.1) is 0 Å². The topological polar surface area (TPSA) is 58.6 Å². The first-order valence-corrected chi connectivity index (χ1v) is 10.6. The van der Waals surface area contributed by atoms with Gasteiger partial charge in [-0.1, -0.05) is 54.4 Å². The Hall–Kier alpha value is -2.82. The average molecular weight is 411 g/mol. The number of hydrogen-bond donors (Lipinski definition) is 1. The lowest BCUT2D eigenvalue weighted by Gasteiger charge is -2.29. The van der Waals surface area contributed by atoms with Crippen molar-refractivity contribution >= 4 is 11.8 Å². The lowest BCUT2D eigenvalue weighted by molar-refractivity contribution is -0.142. The maximum atomic E-state index is 13.1. The van der Waals surface area contributed by atoms with Gasteiger partial charge < -0.3 is 15.0 Å². The van der Waals surface area contributed by atoms with Gasteiger partial charge in [-0.25, -0.2) is 0 Å². The average Bonchev–Trinajstić information content (AvgIpc) is 2.71. The fourth-order valence-corrected chi connectivity index (χ4v) is 3.12. The largest absolute Gasteiger partial charge is 0.483 e. The van der Waals surface area contributed by atoms with Gasteiger partial charge in [0.2, 0.25) is 5.91 Å². The van der Waals surface area contributed by atoms with Crippen LogP contribution >= 0.6 is 0 Å². The minimum atomic E-state index is -0.601. The molecule has 5 nitrogen and oxygen atoms in total. The normalized spacial score (nSPS) is 12.7. The molecule has 0 aliphatic rings. The van der Waals surface area contributed by atoms with E-state index in [1.54, 1.807) is 11.8 Å². The molecule has 0 heterocycles. The predicted octanol–water partition coefficient (Wildman–Crippen LogP) is 4.32. The van der Waals surface area contributed by atoms with Crippen LogP contribution in [-0.4, -0.2) is 35.4 Å². The zero-order valence-electron chi connectivity index (χ0n) is 19.0. The van der Waals surface area contributed by atoms with Gasteiger partial charge in [0.15, 0.2) is 6.61 Å². The van der Waals surface area contributed by atoms with Gasteiger partial charge >= 0.3 is 0 Å². The number of amides is 2. The summed E-state index contributed by atoms with van der Waals surface area (Å²) in [6.07, 6.45) is 0.834. The third-order valence-electron chi connectivity index (χ3n) is 5.32. The van der Waals surface area contributed by atoms with Crippen LogP contribution in [0.4, 0.5) is 0 Å². The van der Waals surface area contributed by atoms with E-state index < -0.39 is 6.04 Å². The van der Waals surface area contributed by atoms with Crippen molar-refractivity contribution in [3.63, 3.8) is 0 Å². The van der Waals surface area contributed by atoms with Gasteiger partial charge in [0.1, 0.15) is 11.8 Å². The summed E-state index contributed by atoms with van der Waals surface area (Å²) in [4.78, 5) is 27.4. The fourth-order valence-electron chi connectivity index (χ4n) is 3.12. The summed E-state index contributed by atoms with van der Waals surface area (Å²) in [6, 6.07) is 13.3. The molecule has 0 aliphatic carbocycles. The molecule has 1 N–H and O–H groups in total. The number of nitrogens with one attached hydrogen (secondary N) is 1. The molecule has 0 aromatic heterocycles. The van der Waals surface area contributed by atoms with Crippen LogP contribution in [0.5, 0.6) is 5.75 Å². The molecule has 0 bridgehead atoms. The minimum absolute atomic E-state index is 0.0581. The number of ether oxygens (including phenoxy) is 1. The Bertz CT molecular complexity index is 861. The molecule has 0 saturated carbocycles. The summed E-state index contributed by atoms with van der Waals surface area (Å²) in [6.45, 7) is 12.0. The van der Waals surface area contributed by atoms with Crippen molar-refractivity contribution in [2.24, 2.45) is 0 Å². The van der Waals surface area contributed by atoms with E-state index in [0.29, 0.717) is 12.3 Å². The molecule has 2 amide bonds. The number of aryl methyl sites for hydroxylation is 3. The van der Waals surface area contributed by atoms with Crippen molar-refractivity contribution in [3.05, 3.63) is 64.7 Å². The molecule has 0 aliphatic heterocycles. The molecule has 30 heavy (non-hydrogen) atoms. The third-order valence-corrected chi connectivity index (χ3v) is 5.32. The van der Waals surface area contributed by atoms with Crippen LogP contribution in [-0.2, 0) is 16.1 Å². The van der Waals surface area contributed by atoms with Gasteiger partial charge in [-0.15, -0.1) is 0 Å². The maximum absolute atomic E-state index is 13.1. The molecule has 5 heteroatoms. The van der Waals surface area contributed by atoms with Crippen LogP contribution in [0.2, 0.25) is 0 Å². The van der Waals surface area contributed by atoms with Crippen molar-refractivity contribution in [1.82, 2.24) is 10.2 Å². The second-order valence-corrected chi connectivity index (χ2v) is 8.06. The van der Waals surface area contributed by atoms with Crippen LogP contribution in [0.1, 0.15) is 49.4 Å². The first-order chi connectivity index (χ1) is 14.2. The molecule has 0 fully saturated rings. The lowest BCUT2D eigenvalue weighted by Crippen LogP contribution is -2.50. The smallest absolute Gasteiger partial charge is 0.261 e. The Morgan fingerprint density at radius 3 is 2.23 bits per heavy atom. The van der Waals surface area contributed by atoms with E-state index in [0.717, 1.165) is 28.7 Å². The van der Waals surface area contributed by atoms with Crippen molar-refractivity contribution in [3.8, 4) is 5.75 Å². The summed E-state index contributed by atoms with van der Waals surface area (Å²) in [7, 11) is 0. The molecular formula is C25H34N2O3. The van der Waals surface area contributed by atoms with Crippen LogP contribution < -0.4 is 10.1 Å². The molecule has 2 aromatic rings. The molecular weight excluding hydrogens is 376 g/mol. The van der Waals surface area contributed by atoms with Gasteiger partial charge in [0.25, 0.3) is 5.91 Å². The van der Waals surface area contributed by atoms with Crippen molar-refractivity contribution in [1.29, 1.82) is 0 Å². The quantitative estimate of drug-likeness (QED) is 0.670. The van der Waals surface area contributed by atoms with Crippen molar-refractivity contribution in [2.75, 3.05) is 6.61 Å². The van der Waals surface area contributed by atoms with E-state index in [4.69, 9.17) is 4.74 Å². The van der Waals surface area contributed by atoms with Crippen LogP contribution in [0.25, 0.3) is 0 Å². The predicted molar refractivity (Wildman–Crippen MR) is 120 cm³/mol. The summed E-state index contributed by atoms with van der Waals surface area (Å²) in [5.41, 5.74) is 4.25. The molecule has 0 saturated heterocycles. The van der Waals surface area contributed by atoms with Crippen LogP contribution in [0.3, 0.4) is 0 Å². The van der Waals surface area contributed by atoms with E-state index in [1.165, 1.54) is 0 Å². The standard InChI is InChI=1S/C25H34N2O3/c1-7-20(5)26-25(29)21(6)27(15-22-11-8-17(2)9-12-22)24(28)16-30-23-13-10-18(3)14-19(23)4/h8-14,20-21H,7,15-16H2,1-6H3,(H,26,29)/t20-,21-/m1/s1. The Morgan fingerprint density at radius 2 is 1.63 bits per heavy atom. The van der Waals surface area contributed by atoms with Gasteiger partial charge in [0, 0.05) is 12.6 Å². The van der Waals surface area contributed by atoms with Gasteiger partial charge in [-0.2, -0.15) is 0 Å². The number of hydrogen-bond acceptors (Lipinski definition) is 3. The highest BCUT2D eigenvalue weighted by Crippen LogP contribution is 2.19. The van der Waals surface area contributed by atoms with Crippen molar-refractivity contribution in [2.45, 2.75) is 66.6 Å². The number of rotatable bonds is 9. The first-order valence-electron chi connectivity index (χ1n) is 10.6. The fraction of sp³-hybridized carbons (Fsp3) is 0.440. The highest BCUT2D eigenvalue weighted by Gasteiger charge is 2.27. The van der Waals surface area contributed by atoms with E-state index in [-0.39, 0.29) is 24.5 Å². The van der Waals surface area contributed by atoms with E-state index >= 15 is 0 Å². The van der Waals surface area contributed by atoms with Crippen molar-refractivity contribution < 1.29 is 14.3 Å². The summed E-state index contributed by atoms with van der Waals surface area (Å²) < 4.78 is 5.80. The highest BCUT2D eigenvalue weighted by atomic mass is 16.5. The molecule has 0 radical (unpaired) electrons. The molecule has 2 rings (SSSR count). The number of carbonyl (C=O) groups excluding carboxylic acids is 2. The summed E-state index contributed by atoms with van der Waals surface area (Å²) >= 11 is 0. The molecule has 0 unspecified atom stereocenters. The second kappa shape index (κ2) is 10.8. The zero-order chi connectivity index (χ0) is 22.3.